The van der Waals surface area contributed by atoms with Gasteiger partial charge in [-0.05, 0) is 19.1 Å². The molecule has 1 aromatic carbocycles. The molecular weight excluding hydrogens is 180 g/mol. The molecule has 0 amide bonds. The van der Waals surface area contributed by atoms with Gasteiger partial charge in [0.25, 0.3) is 0 Å². The van der Waals surface area contributed by atoms with Crippen molar-refractivity contribution in [1.29, 1.82) is 0 Å². The lowest BCUT2D eigenvalue weighted by Crippen LogP contribution is -1.92. The highest BCUT2D eigenvalue weighted by molar-refractivity contribution is 5.67. The van der Waals surface area contributed by atoms with Crippen molar-refractivity contribution in [3.8, 4) is 11.5 Å². The smallest absolute Gasteiger partial charge is 0.168 e. The molecule has 0 saturated heterocycles. The molecule has 0 radical (unpaired) electrons. The van der Waals surface area contributed by atoms with Crippen LogP contribution in [-0.2, 0) is 4.74 Å². The van der Waals surface area contributed by atoms with Crippen molar-refractivity contribution in [2.45, 2.75) is 6.92 Å². The third kappa shape index (κ3) is 1.99. The summed E-state index contributed by atoms with van der Waals surface area (Å²) < 4.78 is 10.2. The van der Waals surface area contributed by atoms with Gasteiger partial charge in [0.2, 0.25) is 0 Å². The zero-order valence-electron chi connectivity index (χ0n) is 8.41. The van der Waals surface area contributed by atoms with Crippen molar-refractivity contribution in [2.75, 3.05) is 13.7 Å². The van der Waals surface area contributed by atoms with Crippen molar-refractivity contribution >= 4 is 5.76 Å². The number of aromatic hydroxyl groups is 1. The zero-order valence-corrected chi connectivity index (χ0v) is 8.41. The number of methoxy groups -OCH3 is 1. The average Bonchev–Trinajstić information content (AvgIpc) is 2.18. The molecule has 1 N–H and O–H groups in total. The highest BCUT2D eigenvalue weighted by atomic mass is 16.5. The van der Waals surface area contributed by atoms with E-state index >= 15 is 0 Å². The molecule has 1 aromatic rings. The molecule has 0 fully saturated rings. The Kier molecular flexibility index (Phi) is 3.40. The van der Waals surface area contributed by atoms with E-state index in [1.165, 1.54) is 7.11 Å². The van der Waals surface area contributed by atoms with Gasteiger partial charge < -0.3 is 14.6 Å². The molecule has 0 aromatic heterocycles. The lowest BCUT2D eigenvalue weighted by atomic mass is 10.1. The molecule has 3 heteroatoms. The van der Waals surface area contributed by atoms with Crippen molar-refractivity contribution in [1.82, 2.24) is 0 Å². The van der Waals surface area contributed by atoms with E-state index in [-0.39, 0.29) is 5.75 Å². The largest absolute Gasteiger partial charge is 0.504 e. The minimum Gasteiger partial charge on any atom is -0.504 e. The summed E-state index contributed by atoms with van der Waals surface area (Å²) in [6, 6.07) is 5.19. The number of rotatable bonds is 4. The van der Waals surface area contributed by atoms with Crippen molar-refractivity contribution in [3.05, 3.63) is 30.3 Å². The number of hydrogen-bond donors (Lipinski definition) is 1. The van der Waals surface area contributed by atoms with Crippen LogP contribution in [0.2, 0.25) is 0 Å². The Morgan fingerprint density at radius 3 is 2.79 bits per heavy atom. The van der Waals surface area contributed by atoms with Crippen LogP contribution in [0.25, 0.3) is 5.76 Å². The minimum atomic E-state index is 0.0634. The van der Waals surface area contributed by atoms with Gasteiger partial charge in [0.15, 0.2) is 11.5 Å². The summed E-state index contributed by atoms with van der Waals surface area (Å²) in [7, 11) is 1.50. The fraction of sp³-hybridized carbons (Fsp3) is 0.273. The average molecular weight is 194 g/mol. The first-order valence-corrected chi connectivity index (χ1v) is 4.38. The van der Waals surface area contributed by atoms with E-state index < -0.39 is 0 Å². The highest BCUT2D eigenvalue weighted by Crippen LogP contribution is 2.33. The zero-order chi connectivity index (χ0) is 10.6. The van der Waals surface area contributed by atoms with E-state index in [1.54, 1.807) is 18.2 Å². The second-order valence-electron chi connectivity index (χ2n) is 2.71. The Morgan fingerprint density at radius 2 is 2.21 bits per heavy atom. The topological polar surface area (TPSA) is 38.7 Å². The highest BCUT2D eigenvalue weighted by Gasteiger charge is 2.10. The standard InChI is InChI=1S/C11H14O3/c1-4-14-8(2)9-6-5-7-10(13-3)11(9)12/h5-7,12H,2,4H2,1,3H3. The van der Waals surface area contributed by atoms with Crippen LogP contribution in [0.1, 0.15) is 12.5 Å². The number of phenolic OH excluding ortho intramolecular Hbond substituents is 1. The predicted molar refractivity (Wildman–Crippen MR) is 55.3 cm³/mol. The summed E-state index contributed by atoms with van der Waals surface area (Å²) in [5.74, 6) is 0.931. The molecule has 14 heavy (non-hydrogen) atoms. The molecule has 0 aliphatic heterocycles. The Balaban J connectivity index is 3.03. The Labute approximate surface area is 83.6 Å². The number of benzene rings is 1. The maximum atomic E-state index is 9.72. The van der Waals surface area contributed by atoms with Gasteiger partial charge in [0.05, 0.1) is 19.3 Å². The third-order valence-electron chi connectivity index (χ3n) is 1.84. The first-order valence-electron chi connectivity index (χ1n) is 4.38. The Hall–Kier alpha value is -1.64. The maximum absolute atomic E-state index is 9.72. The molecule has 0 spiro atoms. The van der Waals surface area contributed by atoms with E-state index in [9.17, 15) is 5.11 Å². The summed E-state index contributed by atoms with van der Waals surface area (Å²) in [6.45, 7) is 6.10. The summed E-state index contributed by atoms with van der Waals surface area (Å²) in [5, 5.41) is 9.72. The van der Waals surface area contributed by atoms with Crippen LogP contribution in [0.15, 0.2) is 24.8 Å². The third-order valence-corrected chi connectivity index (χ3v) is 1.84. The number of hydrogen-bond acceptors (Lipinski definition) is 3. The molecule has 76 valence electrons. The maximum Gasteiger partial charge on any atom is 0.168 e. The SMILES string of the molecule is C=C(OCC)c1cccc(OC)c1O. The molecule has 0 saturated carbocycles. The summed E-state index contributed by atoms with van der Waals surface area (Å²) in [6.07, 6.45) is 0. The first kappa shape index (κ1) is 10.4. The van der Waals surface area contributed by atoms with Gasteiger partial charge in [-0.3, -0.25) is 0 Å². The van der Waals surface area contributed by atoms with E-state index in [4.69, 9.17) is 9.47 Å². The van der Waals surface area contributed by atoms with Gasteiger partial charge in [0, 0.05) is 0 Å². The Morgan fingerprint density at radius 1 is 1.50 bits per heavy atom. The van der Waals surface area contributed by atoms with E-state index in [0.29, 0.717) is 23.7 Å². The van der Waals surface area contributed by atoms with Crippen LogP contribution in [0, 0.1) is 0 Å². The lowest BCUT2D eigenvalue weighted by Gasteiger charge is -2.10. The first-order chi connectivity index (χ1) is 6.70. The lowest BCUT2D eigenvalue weighted by molar-refractivity contribution is 0.296. The molecule has 0 aliphatic rings. The van der Waals surface area contributed by atoms with Crippen LogP contribution < -0.4 is 4.74 Å². The van der Waals surface area contributed by atoms with Crippen LogP contribution in [-0.4, -0.2) is 18.8 Å². The van der Waals surface area contributed by atoms with Gasteiger partial charge in [-0.15, -0.1) is 0 Å². The van der Waals surface area contributed by atoms with Crippen molar-refractivity contribution in [2.24, 2.45) is 0 Å². The summed E-state index contributed by atoms with van der Waals surface area (Å²) in [5.41, 5.74) is 0.561. The van der Waals surface area contributed by atoms with Crippen molar-refractivity contribution < 1.29 is 14.6 Å². The summed E-state index contributed by atoms with van der Waals surface area (Å²) in [4.78, 5) is 0. The second kappa shape index (κ2) is 4.56. The second-order valence-corrected chi connectivity index (χ2v) is 2.71. The van der Waals surface area contributed by atoms with E-state index in [2.05, 4.69) is 6.58 Å². The van der Waals surface area contributed by atoms with E-state index in [0.717, 1.165) is 0 Å². The van der Waals surface area contributed by atoms with Gasteiger partial charge >= 0.3 is 0 Å². The van der Waals surface area contributed by atoms with Crippen LogP contribution in [0.3, 0.4) is 0 Å². The van der Waals surface area contributed by atoms with Crippen molar-refractivity contribution in [3.63, 3.8) is 0 Å². The molecule has 0 bridgehead atoms. The number of ether oxygens (including phenoxy) is 2. The summed E-state index contributed by atoms with van der Waals surface area (Å²) >= 11 is 0. The molecule has 0 heterocycles. The Bertz CT molecular complexity index is 331. The quantitative estimate of drug-likeness (QED) is 0.748. The van der Waals surface area contributed by atoms with Gasteiger partial charge in [0.1, 0.15) is 5.76 Å². The molecule has 0 unspecified atom stereocenters. The fourth-order valence-electron chi connectivity index (χ4n) is 1.16. The number of para-hydroxylation sites is 1. The van der Waals surface area contributed by atoms with Gasteiger partial charge in [-0.25, -0.2) is 0 Å². The molecule has 0 atom stereocenters. The fourth-order valence-corrected chi connectivity index (χ4v) is 1.16. The molecule has 1 rings (SSSR count). The van der Waals surface area contributed by atoms with Crippen LogP contribution in [0.4, 0.5) is 0 Å². The molecule has 0 aliphatic carbocycles. The minimum absolute atomic E-state index is 0.0634. The van der Waals surface area contributed by atoms with Gasteiger partial charge in [-0.1, -0.05) is 12.6 Å². The number of phenols is 1. The normalized spacial score (nSPS) is 9.57. The predicted octanol–water partition coefficient (Wildman–Crippen LogP) is 2.41. The molecular formula is C11H14O3. The monoisotopic (exact) mass is 194 g/mol. The van der Waals surface area contributed by atoms with Crippen LogP contribution >= 0.6 is 0 Å². The van der Waals surface area contributed by atoms with E-state index in [1.807, 2.05) is 6.92 Å². The van der Waals surface area contributed by atoms with Crippen LogP contribution in [0.5, 0.6) is 11.5 Å². The van der Waals surface area contributed by atoms with Gasteiger partial charge in [-0.2, -0.15) is 0 Å². The molecule has 3 nitrogen and oxygen atoms in total.